The molecule has 1 aromatic heterocycles. The van der Waals surface area contributed by atoms with Crippen LogP contribution in [0.3, 0.4) is 0 Å². The number of anilines is 1. The summed E-state index contributed by atoms with van der Waals surface area (Å²) < 4.78 is 16.3. The van der Waals surface area contributed by atoms with E-state index in [0.29, 0.717) is 17.2 Å². The van der Waals surface area contributed by atoms with Crippen molar-refractivity contribution in [1.82, 2.24) is 9.97 Å². The predicted octanol–water partition coefficient (Wildman–Crippen LogP) is 2.68. The summed E-state index contributed by atoms with van der Waals surface area (Å²) in [5.74, 6) is 2.68. The molecular formula is C15H20ClN3O3. The quantitative estimate of drug-likeness (QED) is 0.861. The van der Waals surface area contributed by atoms with Crippen molar-refractivity contribution < 1.29 is 14.2 Å². The van der Waals surface area contributed by atoms with Gasteiger partial charge in [-0.05, 0) is 18.9 Å². The molecule has 22 heavy (non-hydrogen) atoms. The van der Waals surface area contributed by atoms with Gasteiger partial charge in [-0.2, -0.15) is 0 Å². The summed E-state index contributed by atoms with van der Waals surface area (Å²) in [7, 11) is 4.81. The molecule has 1 aromatic carbocycles. The van der Waals surface area contributed by atoms with Gasteiger partial charge >= 0.3 is 0 Å². The fourth-order valence-electron chi connectivity index (χ4n) is 2.83. The van der Waals surface area contributed by atoms with Crippen molar-refractivity contribution in [1.29, 1.82) is 0 Å². The number of nitrogens with zero attached hydrogens (tertiary/aromatic N) is 3. The number of fused-ring (bicyclic) bond motifs is 1. The SMILES string of the molecule is COc1cc2c(N3CCCC3)ncnc2c(OC)c1OC.Cl. The van der Waals surface area contributed by atoms with Crippen molar-refractivity contribution in [2.24, 2.45) is 0 Å². The van der Waals surface area contributed by atoms with E-state index in [1.165, 1.54) is 12.8 Å². The van der Waals surface area contributed by atoms with Crippen molar-refractivity contribution in [3.05, 3.63) is 12.4 Å². The Hall–Kier alpha value is -1.95. The molecule has 0 radical (unpaired) electrons. The molecule has 2 heterocycles. The van der Waals surface area contributed by atoms with Gasteiger partial charge in [-0.25, -0.2) is 9.97 Å². The Balaban J connectivity index is 0.00000176. The van der Waals surface area contributed by atoms with Gasteiger partial charge in [0.2, 0.25) is 5.75 Å². The lowest BCUT2D eigenvalue weighted by molar-refractivity contribution is 0.327. The molecule has 1 aliphatic heterocycles. The maximum atomic E-state index is 5.50. The van der Waals surface area contributed by atoms with Gasteiger partial charge in [-0.15, -0.1) is 12.4 Å². The number of halogens is 1. The van der Waals surface area contributed by atoms with E-state index >= 15 is 0 Å². The third-order valence-corrected chi connectivity index (χ3v) is 3.82. The minimum Gasteiger partial charge on any atom is -0.493 e. The van der Waals surface area contributed by atoms with Gasteiger partial charge in [0.05, 0.1) is 26.7 Å². The molecule has 2 aromatic rings. The first-order valence-electron chi connectivity index (χ1n) is 6.98. The Morgan fingerprint density at radius 3 is 2.23 bits per heavy atom. The van der Waals surface area contributed by atoms with Gasteiger partial charge in [0.15, 0.2) is 11.5 Å². The highest BCUT2D eigenvalue weighted by Crippen LogP contribution is 2.44. The van der Waals surface area contributed by atoms with Crippen molar-refractivity contribution >= 4 is 29.1 Å². The molecule has 0 bridgehead atoms. The standard InChI is InChI=1S/C15H19N3O3.ClH/c1-19-11-8-10-12(14(21-3)13(11)20-2)16-9-17-15(10)18-6-4-5-7-18;/h8-9H,4-7H2,1-3H3;1H. The molecule has 120 valence electrons. The Morgan fingerprint density at radius 2 is 1.64 bits per heavy atom. The van der Waals surface area contributed by atoms with Gasteiger partial charge in [-0.3, -0.25) is 0 Å². The van der Waals surface area contributed by atoms with Crippen LogP contribution in [-0.2, 0) is 0 Å². The van der Waals surface area contributed by atoms with Crippen LogP contribution in [0.15, 0.2) is 12.4 Å². The average molecular weight is 326 g/mol. The topological polar surface area (TPSA) is 56.7 Å². The summed E-state index contributed by atoms with van der Waals surface area (Å²) in [5, 5.41) is 0.925. The lowest BCUT2D eigenvalue weighted by Crippen LogP contribution is -2.19. The minimum absolute atomic E-state index is 0. The third kappa shape index (κ3) is 2.59. The molecule has 3 rings (SSSR count). The van der Waals surface area contributed by atoms with Gasteiger partial charge in [0.1, 0.15) is 17.7 Å². The molecule has 1 fully saturated rings. The number of benzene rings is 1. The number of ether oxygens (including phenoxy) is 3. The van der Waals surface area contributed by atoms with E-state index < -0.39 is 0 Å². The highest BCUT2D eigenvalue weighted by atomic mass is 35.5. The van der Waals surface area contributed by atoms with E-state index in [4.69, 9.17) is 14.2 Å². The van der Waals surface area contributed by atoms with Crippen LogP contribution in [0.4, 0.5) is 5.82 Å². The van der Waals surface area contributed by atoms with Gasteiger partial charge < -0.3 is 19.1 Å². The van der Waals surface area contributed by atoms with Gasteiger partial charge in [-0.1, -0.05) is 0 Å². The Morgan fingerprint density at radius 1 is 0.955 bits per heavy atom. The third-order valence-electron chi connectivity index (χ3n) is 3.82. The van der Waals surface area contributed by atoms with E-state index in [-0.39, 0.29) is 12.4 Å². The predicted molar refractivity (Wildman–Crippen MR) is 87.9 cm³/mol. The fourth-order valence-corrected chi connectivity index (χ4v) is 2.83. The van der Waals surface area contributed by atoms with Crippen LogP contribution >= 0.6 is 12.4 Å². The molecule has 0 spiro atoms. The summed E-state index contributed by atoms with van der Waals surface area (Å²) in [6.45, 7) is 2.03. The molecule has 0 aliphatic carbocycles. The second-order valence-electron chi connectivity index (χ2n) is 4.93. The lowest BCUT2D eigenvalue weighted by Gasteiger charge is -2.20. The smallest absolute Gasteiger partial charge is 0.205 e. The first kappa shape index (κ1) is 16.4. The zero-order valence-electron chi connectivity index (χ0n) is 13.0. The fraction of sp³-hybridized carbons (Fsp3) is 0.467. The van der Waals surface area contributed by atoms with Crippen LogP contribution in [0, 0.1) is 0 Å². The van der Waals surface area contributed by atoms with Gasteiger partial charge in [0, 0.05) is 13.1 Å². The zero-order valence-corrected chi connectivity index (χ0v) is 13.8. The maximum Gasteiger partial charge on any atom is 0.205 e. The van der Waals surface area contributed by atoms with Crippen molar-refractivity contribution in [3.63, 3.8) is 0 Å². The highest BCUT2D eigenvalue weighted by Gasteiger charge is 2.22. The number of hydrogen-bond acceptors (Lipinski definition) is 6. The van der Waals surface area contributed by atoms with E-state index in [1.54, 1.807) is 27.7 Å². The van der Waals surface area contributed by atoms with Crippen LogP contribution in [0.2, 0.25) is 0 Å². The molecule has 6 nitrogen and oxygen atoms in total. The molecule has 0 amide bonds. The van der Waals surface area contributed by atoms with Crippen LogP contribution in [0.1, 0.15) is 12.8 Å². The van der Waals surface area contributed by atoms with E-state index in [1.807, 2.05) is 6.07 Å². The summed E-state index contributed by atoms with van der Waals surface area (Å²) in [6, 6.07) is 1.92. The minimum atomic E-state index is 0. The zero-order chi connectivity index (χ0) is 14.8. The molecule has 1 aliphatic rings. The van der Waals surface area contributed by atoms with Crippen LogP contribution in [0.25, 0.3) is 10.9 Å². The number of aromatic nitrogens is 2. The molecule has 0 saturated carbocycles. The molecule has 0 unspecified atom stereocenters. The Bertz CT molecular complexity index is 660. The molecular weight excluding hydrogens is 306 g/mol. The summed E-state index contributed by atoms with van der Waals surface area (Å²) in [4.78, 5) is 11.1. The highest BCUT2D eigenvalue weighted by molar-refractivity contribution is 5.97. The first-order chi connectivity index (χ1) is 10.3. The molecule has 1 saturated heterocycles. The van der Waals surface area contributed by atoms with E-state index in [2.05, 4.69) is 14.9 Å². The van der Waals surface area contributed by atoms with E-state index in [9.17, 15) is 0 Å². The molecule has 0 atom stereocenters. The molecule has 7 heteroatoms. The second kappa shape index (κ2) is 6.87. The normalized spacial score (nSPS) is 13.9. The number of rotatable bonds is 4. The lowest BCUT2D eigenvalue weighted by atomic mass is 10.1. The van der Waals surface area contributed by atoms with Gasteiger partial charge in [0.25, 0.3) is 0 Å². The van der Waals surface area contributed by atoms with Crippen molar-refractivity contribution in [2.75, 3.05) is 39.3 Å². The van der Waals surface area contributed by atoms with E-state index in [0.717, 1.165) is 29.8 Å². The number of methoxy groups -OCH3 is 3. The second-order valence-corrected chi connectivity index (χ2v) is 4.93. The summed E-state index contributed by atoms with van der Waals surface area (Å²) >= 11 is 0. The molecule has 0 N–H and O–H groups in total. The Labute approximate surface area is 135 Å². The first-order valence-corrected chi connectivity index (χ1v) is 6.98. The average Bonchev–Trinajstić information content (AvgIpc) is 3.06. The number of hydrogen-bond donors (Lipinski definition) is 0. The monoisotopic (exact) mass is 325 g/mol. The maximum absolute atomic E-state index is 5.50. The van der Waals surface area contributed by atoms with Crippen LogP contribution < -0.4 is 19.1 Å². The summed E-state index contributed by atoms with van der Waals surface area (Å²) in [6.07, 6.45) is 3.95. The summed E-state index contributed by atoms with van der Waals surface area (Å²) in [5.41, 5.74) is 0.743. The van der Waals surface area contributed by atoms with Crippen molar-refractivity contribution in [3.8, 4) is 17.2 Å². The van der Waals surface area contributed by atoms with Crippen LogP contribution in [0.5, 0.6) is 17.2 Å². The van der Waals surface area contributed by atoms with Crippen molar-refractivity contribution in [2.45, 2.75) is 12.8 Å². The Kier molecular flexibility index (Phi) is 5.13. The largest absolute Gasteiger partial charge is 0.493 e. The van der Waals surface area contributed by atoms with Crippen LogP contribution in [-0.4, -0.2) is 44.4 Å².